The van der Waals surface area contributed by atoms with Crippen LogP contribution in [0.15, 0.2) is 18.3 Å². The van der Waals surface area contributed by atoms with Gasteiger partial charge in [0.2, 0.25) is 0 Å². The molecule has 86 valence electrons. The van der Waals surface area contributed by atoms with Gasteiger partial charge in [0.25, 0.3) is 5.91 Å². The van der Waals surface area contributed by atoms with Gasteiger partial charge in [0.15, 0.2) is 5.69 Å². The van der Waals surface area contributed by atoms with Crippen LogP contribution in [0.25, 0.3) is 0 Å². The summed E-state index contributed by atoms with van der Waals surface area (Å²) in [6.07, 6.45) is 3.78. The number of amides is 1. The van der Waals surface area contributed by atoms with Crippen LogP contribution in [0, 0.1) is 0 Å². The molecule has 0 aromatic carbocycles. The second-order valence-electron chi connectivity index (χ2n) is 3.93. The minimum atomic E-state index is -0.509. The summed E-state index contributed by atoms with van der Waals surface area (Å²) in [5, 5.41) is 3.25. The lowest BCUT2D eigenvalue weighted by molar-refractivity contribution is 0.0328. The first-order valence-corrected chi connectivity index (χ1v) is 5.25. The highest BCUT2D eigenvalue weighted by atomic mass is 16.5. The third kappa shape index (κ3) is 2.14. The van der Waals surface area contributed by atoms with Gasteiger partial charge in [-0.25, -0.2) is 4.98 Å². The monoisotopic (exact) mass is 221 g/mol. The van der Waals surface area contributed by atoms with E-state index in [9.17, 15) is 4.79 Å². The highest BCUT2D eigenvalue weighted by Crippen LogP contribution is 2.26. The number of nitrogens with zero attached hydrogens (tertiary/aromatic N) is 1. The molecule has 3 N–H and O–H groups in total. The molecule has 16 heavy (non-hydrogen) atoms. The SMILES string of the molecule is COC1CC(Nc2cccnc2C(N)=O)C1. The van der Waals surface area contributed by atoms with E-state index in [0.717, 1.165) is 12.8 Å². The van der Waals surface area contributed by atoms with Crippen molar-refractivity contribution in [3.8, 4) is 0 Å². The predicted molar refractivity (Wildman–Crippen MR) is 60.2 cm³/mol. The molecule has 1 aromatic heterocycles. The van der Waals surface area contributed by atoms with Crippen molar-refractivity contribution in [3.05, 3.63) is 24.0 Å². The molecule has 0 radical (unpaired) electrons. The number of primary amides is 1. The fourth-order valence-electron chi connectivity index (χ4n) is 1.81. The summed E-state index contributed by atoms with van der Waals surface area (Å²) in [4.78, 5) is 15.1. The lowest BCUT2D eigenvalue weighted by atomic mass is 9.89. The molecule has 5 nitrogen and oxygen atoms in total. The Morgan fingerprint density at radius 1 is 1.62 bits per heavy atom. The minimum absolute atomic E-state index is 0.295. The van der Waals surface area contributed by atoms with Gasteiger partial charge in [-0.1, -0.05) is 0 Å². The van der Waals surface area contributed by atoms with Gasteiger partial charge >= 0.3 is 0 Å². The van der Waals surface area contributed by atoms with Gasteiger partial charge in [0.1, 0.15) is 0 Å². The predicted octanol–water partition coefficient (Wildman–Crippen LogP) is 0.770. The summed E-state index contributed by atoms with van der Waals surface area (Å²) in [6.45, 7) is 0. The molecular weight excluding hydrogens is 206 g/mol. The van der Waals surface area contributed by atoms with E-state index in [2.05, 4.69) is 10.3 Å². The molecule has 5 heteroatoms. The number of aromatic nitrogens is 1. The molecule has 0 aliphatic heterocycles. The molecule has 1 heterocycles. The van der Waals surface area contributed by atoms with Crippen LogP contribution in [0.4, 0.5) is 5.69 Å². The Bertz CT molecular complexity index is 389. The van der Waals surface area contributed by atoms with E-state index in [1.54, 1.807) is 19.4 Å². The molecule has 0 unspecified atom stereocenters. The topological polar surface area (TPSA) is 77.2 Å². The summed E-state index contributed by atoms with van der Waals surface area (Å²) in [6, 6.07) is 3.93. The molecule has 2 rings (SSSR count). The number of pyridine rings is 1. The molecule has 1 aliphatic rings. The maximum absolute atomic E-state index is 11.1. The normalized spacial score (nSPS) is 23.6. The van der Waals surface area contributed by atoms with Gasteiger partial charge in [0.05, 0.1) is 11.8 Å². The lowest BCUT2D eigenvalue weighted by Gasteiger charge is -2.35. The molecular formula is C11H15N3O2. The fraction of sp³-hybridized carbons (Fsp3) is 0.455. The van der Waals surface area contributed by atoms with Crippen LogP contribution in [0.5, 0.6) is 0 Å². The summed E-state index contributed by atoms with van der Waals surface area (Å²) in [5.74, 6) is -0.509. The number of carbonyl (C=O) groups excluding carboxylic acids is 1. The third-order valence-electron chi connectivity index (χ3n) is 2.83. The highest BCUT2D eigenvalue weighted by molar-refractivity contribution is 5.96. The van der Waals surface area contributed by atoms with E-state index in [1.165, 1.54) is 0 Å². The zero-order chi connectivity index (χ0) is 11.5. The Morgan fingerprint density at radius 3 is 3.00 bits per heavy atom. The third-order valence-corrected chi connectivity index (χ3v) is 2.83. The number of hydrogen-bond donors (Lipinski definition) is 2. The number of rotatable bonds is 4. The quantitative estimate of drug-likeness (QED) is 0.787. The number of carbonyl (C=O) groups is 1. The fourth-order valence-corrected chi connectivity index (χ4v) is 1.81. The number of anilines is 1. The standard InChI is InChI=1S/C11H15N3O2/c1-16-8-5-7(6-8)14-9-3-2-4-13-10(9)11(12)15/h2-4,7-8,14H,5-6H2,1H3,(H2,12,15). The molecule has 0 spiro atoms. The average molecular weight is 221 g/mol. The summed E-state index contributed by atoms with van der Waals surface area (Å²) < 4.78 is 5.18. The Balaban J connectivity index is 2.02. The van der Waals surface area contributed by atoms with E-state index < -0.39 is 5.91 Å². The van der Waals surface area contributed by atoms with Crippen LogP contribution in [-0.4, -0.2) is 30.1 Å². The molecule has 1 aromatic rings. The van der Waals surface area contributed by atoms with Crippen molar-refractivity contribution in [2.75, 3.05) is 12.4 Å². The number of methoxy groups -OCH3 is 1. The first-order valence-electron chi connectivity index (χ1n) is 5.25. The zero-order valence-electron chi connectivity index (χ0n) is 9.14. The van der Waals surface area contributed by atoms with Crippen LogP contribution in [0.3, 0.4) is 0 Å². The van der Waals surface area contributed by atoms with Gasteiger partial charge in [-0.15, -0.1) is 0 Å². The largest absolute Gasteiger partial charge is 0.381 e. The van der Waals surface area contributed by atoms with E-state index >= 15 is 0 Å². The van der Waals surface area contributed by atoms with Crippen molar-refractivity contribution >= 4 is 11.6 Å². The molecule has 1 fully saturated rings. The van der Waals surface area contributed by atoms with Crippen LogP contribution < -0.4 is 11.1 Å². The van der Waals surface area contributed by atoms with Crippen molar-refractivity contribution in [2.24, 2.45) is 5.73 Å². The molecule has 0 bridgehead atoms. The maximum Gasteiger partial charge on any atom is 0.269 e. The summed E-state index contributed by atoms with van der Waals surface area (Å²) in [7, 11) is 1.71. The Labute approximate surface area is 94.0 Å². The first-order chi connectivity index (χ1) is 7.70. The first kappa shape index (κ1) is 10.9. The zero-order valence-corrected chi connectivity index (χ0v) is 9.14. The highest BCUT2D eigenvalue weighted by Gasteiger charge is 2.29. The van der Waals surface area contributed by atoms with Gasteiger partial charge < -0.3 is 15.8 Å². The number of nitrogens with two attached hydrogens (primary N) is 1. The Morgan fingerprint density at radius 2 is 2.38 bits per heavy atom. The van der Waals surface area contributed by atoms with E-state index in [0.29, 0.717) is 23.5 Å². The molecule has 1 aliphatic carbocycles. The van der Waals surface area contributed by atoms with E-state index in [4.69, 9.17) is 10.5 Å². The van der Waals surface area contributed by atoms with Gasteiger partial charge in [-0.2, -0.15) is 0 Å². The average Bonchev–Trinajstić information content (AvgIpc) is 2.23. The van der Waals surface area contributed by atoms with Crippen LogP contribution in [-0.2, 0) is 4.74 Å². The molecule has 0 saturated heterocycles. The Kier molecular flexibility index (Phi) is 3.05. The molecule has 0 atom stereocenters. The Hall–Kier alpha value is -1.62. The van der Waals surface area contributed by atoms with Crippen molar-refractivity contribution in [3.63, 3.8) is 0 Å². The number of hydrogen-bond acceptors (Lipinski definition) is 4. The van der Waals surface area contributed by atoms with Crippen molar-refractivity contribution in [1.82, 2.24) is 4.98 Å². The maximum atomic E-state index is 11.1. The van der Waals surface area contributed by atoms with Crippen molar-refractivity contribution < 1.29 is 9.53 Å². The van der Waals surface area contributed by atoms with Gasteiger partial charge in [-0.05, 0) is 25.0 Å². The van der Waals surface area contributed by atoms with E-state index in [1.807, 2.05) is 6.07 Å². The summed E-state index contributed by atoms with van der Waals surface area (Å²) >= 11 is 0. The van der Waals surface area contributed by atoms with Crippen LogP contribution in [0.2, 0.25) is 0 Å². The minimum Gasteiger partial charge on any atom is -0.381 e. The number of nitrogens with one attached hydrogen (secondary N) is 1. The lowest BCUT2D eigenvalue weighted by Crippen LogP contribution is -2.40. The van der Waals surface area contributed by atoms with E-state index in [-0.39, 0.29) is 0 Å². The van der Waals surface area contributed by atoms with Gasteiger partial charge in [-0.3, -0.25) is 4.79 Å². The second kappa shape index (κ2) is 4.49. The van der Waals surface area contributed by atoms with Crippen LogP contribution >= 0.6 is 0 Å². The molecule has 1 amide bonds. The van der Waals surface area contributed by atoms with Crippen molar-refractivity contribution in [2.45, 2.75) is 25.0 Å². The number of ether oxygens (including phenoxy) is 1. The second-order valence-corrected chi connectivity index (χ2v) is 3.93. The van der Waals surface area contributed by atoms with Gasteiger partial charge in [0, 0.05) is 19.3 Å². The summed E-state index contributed by atoms with van der Waals surface area (Å²) in [5.41, 5.74) is 6.24. The smallest absolute Gasteiger partial charge is 0.269 e. The van der Waals surface area contributed by atoms with Crippen molar-refractivity contribution in [1.29, 1.82) is 0 Å². The van der Waals surface area contributed by atoms with Crippen LogP contribution in [0.1, 0.15) is 23.3 Å². The molecule has 1 saturated carbocycles.